The van der Waals surface area contributed by atoms with Crippen molar-refractivity contribution in [2.24, 2.45) is 5.92 Å². The van der Waals surface area contributed by atoms with Crippen molar-refractivity contribution in [3.63, 3.8) is 0 Å². The smallest absolute Gasteiger partial charge is 0.263 e. The first-order valence-electron chi connectivity index (χ1n) is 9.58. The SMILES string of the molecule is CC(Oc1ccc(O)cc1)C(=O)N1CCN(C(=O)C2CCCCC2)CC1. The lowest BCUT2D eigenvalue weighted by atomic mass is 9.88. The quantitative estimate of drug-likeness (QED) is 0.895. The van der Waals surface area contributed by atoms with Crippen LogP contribution in [0.1, 0.15) is 39.0 Å². The zero-order chi connectivity index (χ0) is 18.5. The molecule has 142 valence electrons. The lowest BCUT2D eigenvalue weighted by Crippen LogP contribution is -2.54. The number of benzene rings is 1. The molecule has 26 heavy (non-hydrogen) atoms. The van der Waals surface area contributed by atoms with Crippen LogP contribution in [-0.4, -0.2) is 59.0 Å². The molecule has 1 saturated carbocycles. The van der Waals surface area contributed by atoms with E-state index < -0.39 is 6.10 Å². The van der Waals surface area contributed by atoms with Gasteiger partial charge in [0, 0.05) is 32.1 Å². The third kappa shape index (κ3) is 4.48. The van der Waals surface area contributed by atoms with Crippen molar-refractivity contribution in [2.75, 3.05) is 26.2 Å². The highest BCUT2D eigenvalue weighted by atomic mass is 16.5. The van der Waals surface area contributed by atoms with Crippen molar-refractivity contribution in [3.05, 3.63) is 24.3 Å². The van der Waals surface area contributed by atoms with Crippen LogP contribution >= 0.6 is 0 Å². The monoisotopic (exact) mass is 360 g/mol. The Balaban J connectivity index is 1.48. The number of carbonyl (C=O) groups excluding carboxylic acids is 2. The van der Waals surface area contributed by atoms with E-state index in [1.165, 1.54) is 18.6 Å². The van der Waals surface area contributed by atoms with Gasteiger partial charge in [-0.05, 0) is 44.0 Å². The first-order valence-corrected chi connectivity index (χ1v) is 9.58. The summed E-state index contributed by atoms with van der Waals surface area (Å²) in [5.41, 5.74) is 0. The van der Waals surface area contributed by atoms with Gasteiger partial charge in [0.1, 0.15) is 11.5 Å². The molecule has 1 N–H and O–H groups in total. The molecule has 2 amide bonds. The Morgan fingerprint density at radius 1 is 1.00 bits per heavy atom. The Labute approximate surface area is 154 Å². The average Bonchev–Trinajstić information content (AvgIpc) is 2.69. The van der Waals surface area contributed by atoms with Gasteiger partial charge in [-0.1, -0.05) is 19.3 Å². The van der Waals surface area contributed by atoms with Crippen LogP contribution in [0.25, 0.3) is 0 Å². The summed E-state index contributed by atoms with van der Waals surface area (Å²) in [6.45, 7) is 4.05. The maximum atomic E-state index is 12.6. The number of phenolic OH excluding ortho intramolecular Hbond substituents is 1. The van der Waals surface area contributed by atoms with Crippen molar-refractivity contribution in [1.29, 1.82) is 0 Å². The number of hydrogen-bond donors (Lipinski definition) is 1. The second kappa shape index (κ2) is 8.43. The molecular formula is C20H28N2O4. The largest absolute Gasteiger partial charge is 0.508 e. The predicted molar refractivity (Wildman–Crippen MR) is 97.9 cm³/mol. The van der Waals surface area contributed by atoms with Crippen molar-refractivity contribution < 1.29 is 19.4 Å². The molecule has 0 aromatic heterocycles. The predicted octanol–water partition coefficient (Wildman–Crippen LogP) is 2.41. The summed E-state index contributed by atoms with van der Waals surface area (Å²) in [6.07, 6.45) is 4.97. The number of phenols is 1. The van der Waals surface area contributed by atoms with Gasteiger partial charge in [-0.25, -0.2) is 0 Å². The van der Waals surface area contributed by atoms with Crippen molar-refractivity contribution in [3.8, 4) is 11.5 Å². The van der Waals surface area contributed by atoms with E-state index in [0.29, 0.717) is 31.9 Å². The summed E-state index contributed by atoms with van der Waals surface area (Å²) in [6, 6.07) is 6.34. The summed E-state index contributed by atoms with van der Waals surface area (Å²) in [4.78, 5) is 28.9. The van der Waals surface area contributed by atoms with Crippen LogP contribution in [0.2, 0.25) is 0 Å². The Bertz CT molecular complexity index is 617. The number of amides is 2. The number of nitrogens with zero attached hydrogens (tertiary/aromatic N) is 2. The lowest BCUT2D eigenvalue weighted by Gasteiger charge is -2.38. The fourth-order valence-electron chi connectivity index (χ4n) is 3.79. The third-order valence-electron chi connectivity index (χ3n) is 5.35. The Morgan fingerprint density at radius 3 is 2.19 bits per heavy atom. The van der Waals surface area contributed by atoms with E-state index in [9.17, 15) is 14.7 Å². The number of rotatable bonds is 4. The van der Waals surface area contributed by atoms with Crippen LogP contribution in [0.5, 0.6) is 11.5 Å². The molecule has 3 rings (SSSR count). The molecule has 6 heteroatoms. The number of aromatic hydroxyl groups is 1. The maximum absolute atomic E-state index is 12.6. The Morgan fingerprint density at radius 2 is 1.58 bits per heavy atom. The summed E-state index contributed by atoms with van der Waals surface area (Å²) in [5, 5.41) is 9.30. The van der Waals surface area contributed by atoms with Gasteiger partial charge in [0.05, 0.1) is 0 Å². The lowest BCUT2D eigenvalue weighted by molar-refractivity contribution is -0.145. The van der Waals surface area contributed by atoms with E-state index in [4.69, 9.17) is 4.74 Å². The van der Waals surface area contributed by atoms with E-state index >= 15 is 0 Å². The van der Waals surface area contributed by atoms with E-state index in [0.717, 1.165) is 25.7 Å². The fraction of sp³-hybridized carbons (Fsp3) is 0.600. The van der Waals surface area contributed by atoms with Crippen LogP contribution in [0, 0.1) is 5.92 Å². The first kappa shape index (κ1) is 18.5. The first-order chi connectivity index (χ1) is 12.5. The molecule has 1 saturated heterocycles. The topological polar surface area (TPSA) is 70.1 Å². The average molecular weight is 360 g/mol. The minimum atomic E-state index is -0.597. The zero-order valence-corrected chi connectivity index (χ0v) is 15.4. The molecule has 1 aliphatic carbocycles. The molecule has 2 aliphatic rings. The molecule has 0 radical (unpaired) electrons. The zero-order valence-electron chi connectivity index (χ0n) is 15.4. The number of ether oxygens (including phenoxy) is 1. The summed E-state index contributed by atoms with van der Waals surface area (Å²) < 4.78 is 5.67. The standard InChI is InChI=1S/C20H28N2O4/c1-15(26-18-9-7-17(23)8-10-18)19(24)21-11-13-22(14-12-21)20(25)16-5-3-2-4-6-16/h7-10,15-16,23H,2-6,11-14H2,1H3. The molecule has 0 bridgehead atoms. The van der Waals surface area contributed by atoms with Crippen LogP contribution < -0.4 is 4.74 Å². The van der Waals surface area contributed by atoms with Gasteiger partial charge in [-0.3, -0.25) is 9.59 Å². The van der Waals surface area contributed by atoms with Gasteiger partial charge in [-0.15, -0.1) is 0 Å². The minimum absolute atomic E-state index is 0.0668. The Hall–Kier alpha value is -2.24. The van der Waals surface area contributed by atoms with E-state index in [-0.39, 0.29) is 23.5 Å². The highest BCUT2D eigenvalue weighted by Gasteiger charge is 2.31. The van der Waals surface area contributed by atoms with Gasteiger partial charge < -0.3 is 19.6 Å². The van der Waals surface area contributed by atoms with Crippen molar-refractivity contribution >= 4 is 11.8 Å². The second-order valence-corrected chi connectivity index (χ2v) is 7.24. The van der Waals surface area contributed by atoms with E-state index in [2.05, 4.69) is 0 Å². The molecule has 0 spiro atoms. The molecular weight excluding hydrogens is 332 g/mol. The van der Waals surface area contributed by atoms with Gasteiger partial charge >= 0.3 is 0 Å². The van der Waals surface area contributed by atoms with Crippen molar-refractivity contribution in [1.82, 2.24) is 9.80 Å². The van der Waals surface area contributed by atoms with Crippen LogP contribution in [-0.2, 0) is 9.59 Å². The second-order valence-electron chi connectivity index (χ2n) is 7.24. The van der Waals surface area contributed by atoms with Crippen molar-refractivity contribution in [2.45, 2.75) is 45.1 Å². The molecule has 1 unspecified atom stereocenters. The van der Waals surface area contributed by atoms with Crippen LogP contribution in [0.4, 0.5) is 0 Å². The summed E-state index contributed by atoms with van der Waals surface area (Å²) >= 11 is 0. The molecule has 1 atom stereocenters. The molecule has 1 aliphatic heterocycles. The maximum Gasteiger partial charge on any atom is 0.263 e. The number of piperazine rings is 1. The number of carbonyl (C=O) groups is 2. The molecule has 1 aromatic carbocycles. The highest BCUT2D eigenvalue weighted by Crippen LogP contribution is 2.26. The summed E-state index contributed by atoms with van der Waals surface area (Å²) in [7, 11) is 0. The third-order valence-corrected chi connectivity index (χ3v) is 5.35. The van der Waals surface area contributed by atoms with Crippen LogP contribution in [0.3, 0.4) is 0 Å². The minimum Gasteiger partial charge on any atom is -0.508 e. The molecule has 6 nitrogen and oxygen atoms in total. The highest BCUT2D eigenvalue weighted by molar-refractivity contribution is 5.82. The van der Waals surface area contributed by atoms with Gasteiger partial charge in [0.2, 0.25) is 5.91 Å². The molecule has 2 fully saturated rings. The molecule has 1 aromatic rings. The summed E-state index contributed by atoms with van der Waals surface area (Å²) in [5.74, 6) is 1.10. The normalized spacial score (nSPS) is 19.9. The van der Waals surface area contributed by atoms with E-state index in [1.54, 1.807) is 24.0 Å². The number of hydrogen-bond acceptors (Lipinski definition) is 4. The Kier molecular flexibility index (Phi) is 6.01. The fourth-order valence-corrected chi connectivity index (χ4v) is 3.79. The van der Waals surface area contributed by atoms with Gasteiger partial charge in [-0.2, -0.15) is 0 Å². The van der Waals surface area contributed by atoms with Gasteiger partial charge in [0.25, 0.3) is 5.91 Å². The van der Waals surface area contributed by atoms with Gasteiger partial charge in [0.15, 0.2) is 6.10 Å². The molecule has 1 heterocycles. The van der Waals surface area contributed by atoms with Crippen LogP contribution in [0.15, 0.2) is 24.3 Å². The van der Waals surface area contributed by atoms with E-state index in [1.807, 2.05) is 4.90 Å².